The second kappa shape index (κ2) is 5.81. The van der Waals surface area contributed by atoms with E-state index in [-0.39, 0.29) is 0 Å². The van der Waals surface area contributed by atoms with Crippen LogP contribution in [0.1, 0.15) is 24.0 Å². The summed E-state index contributed by atoms with van der Waals surface area (Å²) >= 11 is 6.11. The van der Waals surface area contributed by atoms with Gasteiger partial charge in [0.05, 0.1) is 5.02 Å². The highest BCUT2D eigenvalue weighted by atomic mass is 35.5. The van der Waals surface area contributed by atoms with Gasteiger partial charge >= 0.3 is 0 Å². The Morgan fingerprint density at radius 3 is 2.95 bits per heavy atom. The van der Waals surface area contributed by atoms with Gasteiger partial charge in [0.1, 0.15) is 5.82 Å². The van der Waals surface area contributed by atoms with Crippen molar-refractivity contribution < 1.29 is 0 Å². The molecule has 4 heteroatoms. The fraction of sp³-hybridized carbons (Fsp3) is 0.312. The van der Waals surface area contributed by atoms with Gasteiger partial charge in [0.15, 0.2) is 0 Å². The van der Waals surface area contributed by atoms with Gasteiger partial charge < -0.3 is 10.6 Å². The SMILES string of the molecule is NCc1cc(N2CCCCc3ccccc32)ncc1Cl. The van der Waals surface area contributed by atoms with Crippen LogP contribution in [0.15, 0.2) is 36.5 Å². The Kier molecular flexibility index (Phi) is 3.90. The van der Waals surface area contributed by atoms with Gasteiger partial charge in [-0.1, -0.05) is 29.8 Å². The van der Waals surface area contributed by atoms with Crippen molar-refractivity contribution in [2.24, 2.45) is 5.73 Å². The minimum atomic E-state index is 0.434. The number of nitrogens with zero attached hydrogens (tertiary/aromatic N) is 2. The fourth-order valence-corrected chi connectivity index (χ4v) is 2.88. The maximum atomic E-state index is 6.11. The molecule has 0 fully saturated rings. The summed E-state index contributed by atoms with van der Waals surface area (Å²) in [5.74, 6) is 0.934. The lowest BCUT2D eigenvalue weighted by Gasteiger charge is -2.24. The molecule has 1 aliphatic rings. The van der Waals surface area contributed by atoms with E-state index in [0.29, 0.717) is 11.6 Å². The zero-order valence-corrected chi connectivity index (χ0v) is 12.1. The normalized spacial score (nSPS) is 14.8. The highest BCUT2D eigenvalue weighted by Crippen LogP contribution is 2.32. The number of rotatable bonds is 2. The summed E-state index contributed by atoms with van der Waals surface area (Å²) in [5, 5.41) is 0.638. The molecule has 1 aromatic heterocycles. The number of aryl methyl sites for hydroxylation is 1. The van der Waals surface area contributed by atoms with Crippen LogP contribution in [0.3, 0.4) is 0 Å². The molecule has 2 heterocycles. The molecule has 2 aromatic rings. The summed E-state index contributed by atoms with van der Waals surface area (Å²) in [6.07, 6.45) is 5.21. The predicted molar refractivity (Wildman–Crippen MR) is 83.5 cm³/mol. The van der Waals surface area contributed by atoms with Crippen LogP contribution >= 0.6 is 11.6 Å². The number of anilines is 2. The Bertz CT molecular complexity index is 612. The maximum absolute atomic E-state index is 6.11. The number of fused-ring (bicyclic) bond motifs is 1. The van der Waals surface area contributed by atoms with Crippen LogP contribution in [0.5, 0.6) is 0 Å². The van der Waals surface area contributed by atoms with Gasteiger partial charge in [-0.05, 0) is 42.5 Å². The van der Waals surface area contributed by atoms with E-state index in [2.05, 4.69) is 34.1 Å². The van der Waals surface area contributed by atoms with E-state index in [9.17, 15) is 0 Å². The lowest BCUT2D eigenvalue weighted by molar-refractivity contribution is 0.757. The Labute approximate surface area is 124 Å². The van der Waals surface area contributed by atoms with E-state index >= 15 is 0 Å². The molecule has 0 saturated carbocycles. The van der Waals surface area contributed by atoms with Crippen molar-refractivity contribution >= 4 is 23.1 Å². The molecule has 104 valence electrons. The van der Waals surface area contributed by atoms with E-state index in [0.717, 1.165) is 30.8 Å². The zero-order chi connectivity index (χ0) is 13.9. The number of benzene rings is 1. The van der Waals surface area contributed by atoms with Crippen molar-refractivity contribution in [3.8, 4) is 0 Å². The van der Waals surface area contributed by atoms with Crippen molar-refractivity contribution in [1.29, 1.82) is 0 Å². The summed E-state index contributed by atoms with van der Waals surface area (Å²) in [4.78, 5) is 6.77. The monoisotopic (exact) mass is 287 g/mol. The van der Waals surface area contributed by atoms with Gasteiger partial charge in [0.2, 0.25) is 0 Å². The highest BCUT2D eigenvalue weighted by molar-refractivity contribution is 6.31. The van der Waals surface area contributed by atoms with E-state index in [1.165, 1.54) is 17.7 Å². The van der Waals surface area contributed by atoms with Crippen molar-refractivity contribution in [3.05, 3.63) is 52.7 Å². The molecule has 3 rings (SSSR count). The number of aromatic nitrogens is 1. The topological polar surface area (TPSA) is 42.1 Å². The molecule has 0 saturated heterocycles. The third-order valence-corrected chi connectivity index (χ3v) is 4.12. The fourth-order valence-electron chi connectivity index (χ4n) is 2.70. The zero-order valence-electron chi connectivity index (χ0n) is 11.3. The number of halogens is 1. The summed E-state index contributed by atoms with van der Waals surface area (Å²) in [7, 11) is 0. The molecule has 1 aliphatic heterocycles. The first-order valence-corrected chi connectivity index (χ1v) is 7.37. The van der Waals surface area contributed by atoms with Gasteiger partial charge in [0.25, 0.3) is 0 Å². The molecule has 20 heavy (non-hydrogen) atoms. The maximum Gasteiger partial charge on any atom is 0.133 e. The molecule has 1 aromatic carbocycles. The second-order valence-corrected chi connectivity index (χ2v) is 5.48. The van der Waals surface area contributed by atoms with Crippen LogP contribution in [-0.2, 0) is 13.0 Å². The highest BCUT2D eigenvalue weighted by Gasteiger charge is 2.18. The molecular weight excluding hydrogens is 270 g/mol. The van der Waals surface area contributed by atoms with Gasteiger partial charge in [-0.25, -0.2) is 4.98 Å². The third kappa shape index (κ3) is 2.51. The van der Waals surface area contributed by atoms with Crippen molar-refractivity contribution in [2.75, 3.05) is 11.4 Å². The van der Waals surface area contributed by atoms with Crippen LogP contribution in [0.4, 0.5) is 11.5 Å². The average molecular weight is 288 g/mol. The molecule has 0 atom stereocenters. The average Bonchev–Trinajstić information content (AvgIpc) is 2.70. The first-order chi connectivity index (χ1) is 9.79. The number of hydrogen-bond donors (Lipinski definition) is 1. The minimum absolute atomic E-state index is 0.434. The Morgan fingerprint density at radius 1 is 1.25 bits per heavy atom. The number of pyridine rings is 1. The summed E-state index contributed by atoms with van der Waals surface area (Å²) in [6.45, 7) is 1.42. The molecular formula is C16H18ClN3. The van der Waals surface area contributed by atoms with Gasteiger partial charge in [-0.3, -0.25) is 0 Å². The third-order valence-electron chi connectivity index (χ3n) is 3.78. The minimum Gasteiger partial charge on any atom is -0.326 e. The molecule has 0 aliphatic carbocycles. The molecule has 0 unspecified atom stereocenters. The Hall–Kier alpha value is -1.58. The van der Waals surface area contributed by atoms with Gasteiger partial charge in [-0.2, -0.15) is 0 Å². The van der Waals surface area contributed by atoms with E-state index in [1.54, 1.807) is 6.20 Å². The lowest BCUT2D eigenvalue weighted by Crippen LogP contribution is -2.19. The van der Waals surface area contributed by atoms with Crippen molar-refractivity contribution in [1.82, 2.24) is 4.98 Å². The second-order valence-electron chi connectivity index (χ2n) is 5.08. The van der Waals surface area contributed by atoms with Crippen LogP contribution in [0.25, 0.3) is 0 Å². The van der Waals surface area contributed by atoms with Gasteiger partial charge in [-0.15, -0.1) is 0 Å². The van der Waals surface area contributed by atoms with E-state index in [4.69, 9.17) is 17.3 Å². The first-order valence-electron chi connectivity index (χ1n) is 6.99. The standard InChI is InChI=1S/C16H18ClN3/c17-14-11-19-16(9-13(14)10-18)20-8-4-3-6-12-5-1-2-7-15(12)20/h1-2,5,7,9,11H,3-4,6,8,10,18H2. The van der Waals surface area contributed by atoms with E-state index in [1.807, 2.05) is 6.07 Å². The quantitative estimate of drug-likeness (QED) is 0.916. The van der Waals surface area contributed by atoms with Crippen LogP contribution in [0, 0.1) is 0 Å². The van der Waals surface area contributed by atoms with Crippen LogP contribution in [0.2, 0.25) is 5.02 Å². The number of para-hydroxylation sites is 1. The summed E-state index contributed by atoms with van der Waals surface area (Å²) < 4.78 is 0. The van der Waals surface area contributed by atoms with Gasteiger partial charge in [0, 0.05) is 25.0 Å². The smallest absolute Gasteiger partial charge is 0.133 e. The largest absolute Gasteiger partial charge is 0.326 e. The lowest BCUT2D eigenvalue weighted by atomic mass is 10.1. The Balaban J connectivity index is 2.05. The van der Waals surface area contributed by atoms with Crippen LogP contribution in [-0.4, -0.2) is 11.5 Å². The summed E-state index contributed by atoms with van der Waals surface area (Å²) in [6, 6.07) is 10.6. The molecule has 0 radical (unpaired) electrons. The molecule has 0 spiro atoms. The number of hydrogen-bond acceptors (Lipinski definition) is 3. The van der Waals surface area contributed by atoms with Crippen molar-refractivity contribution in [3.63, 3.8) is 0 Å². The van der Waals surface area contributed by atoms with E-state index < -0.39 is 0 Å². The number of nitrogens with two attached hydrogens (primary N) is 1. The molecule has 3 nitrogen and oxygen atoms in total. The summed E-state index contributed by atoms with van der Waals surface area (Å²) in [5.41, 5.74) is 9.32. The molecule has 0 amide bonds. The van der Waals surface area contributed by atoms with Crippen LogP contribution < -0.4 is 10.6 Å². The first kappa shape index (κ1) is 13.4. The molecule has 2 N–H and O–H groups in total. The Morgan fingerprint density at radius 2 is 2.10 bits per heavy atom. The predicted octanol–water partition coefficient (Wildman–Crippen LogP) is 3.67. The molecule has 0 bridgehead atoms. The van der Waals surface area contributed by atoms with Crippen molar-refractivity contribution in [2.45, 2.75) is 25.8 Å².